The lowest BCUT2D eigenvalue weighted by atomic mass is 9.90. The Kier molecular flexibility index (Phi) is 8.60. The minimum absolute atomic E-state index is 0.437. The molecule has 2 aliphatic carbocycles. The van der Waals surface area contributed by atoms with Gasteiger partial charge in [-0.15, -0.1) is 0 Å². The van der Waals surface area contributed by atoms with Crippen molar-refractivity contribution in [3.05, 3.63) is 106 Å². The number of aliphatic hydroxyl groups excluding tert-OH is 2. The van der Waals surface area contributed by atoms with E-state index in [-0.39, 0.29) is 0 Å². The predicted molar refractivity (Wildman–Crippen MR) is 199 cm³/mol. The van der Waals surface area contributed by atoms with E-state index < -0.39 is 12.2 Å². The van der Waals surface area contributed by atoms with E-state index >= 15 is 0 Å². The van der Waals surface area contributed by atoms with Gasteiger partial charge in [-0.3, -0.25) is 0 Å². The molecule has 8 heteroatoms. The molecule has 0 radical (unpaired) electrons. The number of aliphatic hydroxyl groups is 2. The van der Waals surface area contributed by atoms with E-state index in [9.17, 15) is 10.2 Å². The number of aromatic amines is 2. The van der Waals surface area contributed by atoms with Gasteiger partial charge in [-0.25, -0.2) is 0 Å². The summed E-state index contributed by atoms with van der Waals surface area (Å²) < 4.78 is 0. The zero-order chi connectivity index (χ0) is 32.8. The van der Waals surface area contributed by atoms with E-state index in [2.05, 4.69) is 32.7 Å². The maximum absolute atomic E-state index is 11.9. The minimum Gasteiger partial charge on any atom is -0.385 e. The highest BCUT2D eigenvalue weighted by Gasteiger charge is 2.27. The van der Waals surface area contributed by atoms with Crippen LogP contribution >= 0.6 is 23.2 Å². The van der Waals surface area contributed by atoms with Crippen LogP contribution in [0.2, 0.25) is 10.0 Å². The number of nitrogens with one attached hydrogen (secondary N) is 4. The van der Waals surface area contributed by atoms with Gasteiger partial charge in [-0.05, 0) is 73.2 Å². The van der Waals surface area contributed by atoms with Crippen LogP contribution in [-0.2, 0) is 0 Å². The molecule has 0 spiro atoms. The molecule has 48 heavy (non-hydrogen) atoms. The van der Waals surface area contributed by atoms with Crippen molar-refractivity contribution in [2.75, 3.05) is 10.6 Å². The van der Waals surface area contributed by atoms with Crippen molar-refractivity contribution in [3.63, 3.8) is 0 Å². The lowest BCUT2D eigenvalue weighted by Gasteiger charge is -2.23. The number of hydrogen-bond donors (Lipinski definition) is 6. The van der Waals surface area contributed by atoms with Crippen molar-refractivity contribution in [2.24, 2.45) is 0 Å². The Morgan fingerprint density at radius 1 is 0.562 bits per heavy atom. The maximum atomic E-state index is 11.9. The first kappa shape index (κ1) is 31.3. The van der Waals surface area contributed by atoms with Crippen LogP contribution in [0.25, 0.3) is 44.3 Å². The number of hydrogen-bond acceptors (Lipinski definition) is 4. The van der Waals surface area contributed by atoms with Crippen LogP contribution in [0.15, 0.2) is 84.9 Å². The minimum atomic E-state index is -1.19. The molecular formula is C40H40Cl2N4O2. The molecule has 0 aliphatic heterocycles. The van der Waals surface area contributed by atoms with Crippen molar-refractivity contribution >= 4 is 56.4 Å². The topological polar surface area (TPSA) is 96.1 Å². The first-order chi connectivity index (χ1) is 23.4. The van der Waals surface area contributed by atoms with Crippen LogP contribution in [0.5, 0.6) is 0 Å². The predicted octanol–water partition coefficient (Wildman–Crippen LogP) is 10.8. The van der Waals surface area contributed by atoms with Gasteiger partial charge in [-0.2, -0.15) is 0 Å². The Morgan fingerprint density at radius 3 is 1.38 bits per heavy atom. The fourth-order valence-corrected chi connectivity index (χ4v) is 8.31. The van der Waals surface area contributed by atoms with Gasteiger partial charge in [0.2, 0.25) is 0 Å². The number of rotatable bonds is 9. The molecule has 2 saturated carbocycles. The third-order valence-electron chi connectivity index (χ3n) is 10.3. The van der Waals surface area contributed by atoms with E-state index in [0.717, 1.165) is 81.4 Å². The van der Waals surface area contributed by atoms with Gasteiger partial charge in [0.05, 0.1) is 22.4 Å². The number of benzene rings is 4. The molecule has 2 atom stereocenters. The van der Waals surface area contributed by atoms with E-state index in [1.54, 1.807) is 0 Å². The molecule has 2 aliphatic rings. The highest BCUT2D eigenvalue weighted by Crippen LogP contribution is 2.42. The first-order valence-electron chi connectivity index (χ1n) is 17.1. The molecule has 2 heterocycles. The molecule has 6 nitrogen and oxygen atoms in total. The molecule has 0 amide bonds. The molecule has 2 fully saturated rings. The summed E-state index contributed by atoms with van der Waals surface area (Å²) in [6.45, 7) is 0. The molecule has 0 bridgehead atoms. The standard InChI is InChI=1S/C40H40Cl2N4O2/c41-25-17-23-19-33(45-37(23)35(21-25)43-27-9-1-2-10-27)29-13-5-7-15-31(29)39(47)40(48)32-16-8-6-14-30(32)34-20-24-18-26(42)22-36(38(24)46-34)44-28-11-3-4-12-28/h5-8,13-22,27-28,39-40,43-48H,1-4,9-12H2. The Hall–Kier alpha value is -3.94. The molecule has 2 aromatic heterocycles. The van der Waals surface area contributed by atoms with E-state index in [1.807, 2.05) is 72.8 Å². The van der Waals surface area contributed by atoms with Gasteiger partial charge in [0.1, 0.15) is 12.2 Å². The number of fused-ring (bicyclic) bond motifs is 2. The summed E-state index contributed by atoms with van der Waals surface area (Å²) in [5, 5.41) is 34.5. The van der Waals surface area contributed by atoms with Gasteiger partial charge >= 0.3 is 0 Å². The summed E-state index contributed by atoms with van der Waals surface area (Å²) in [5.41, 5.74) is 8.57. The van der Waals surface area contributed by atoms with Crippen molar-refractivity contribution in [1.82, 2.24) is 9.97 Å². The average molecular weight is 680 g/mol. The lowest BCUT2D eigenvalue weighted by molar-refractivity contribution is 0.0179. The molecule has 4 aromatic carbocycles. The molecule has 6 aromatic rings. The Morgan fingerprint density at radius 2 is 0.958 bits per heavy atom. The summed E-state index contributed by atoms with van der Waals surface area (Å²) in [6.07, 6.45) is 7.19. The molecular weight excluding hydrogens is 639 g/mol. The van der Waals surface area contributed by atoms with Crippen molar-refractivity contribution in [2.45, 2.75) is 75.7 Å². The van der Waals surface area contributed by atoms with Crippen LogP contribution in [0, 0.1) is 0 Å². The van der Waals surface area contributed by atoms with Gasteiger partial charge in [0.15, 0.2) is 0 Å². The fraction of sp³-hybridized carbons (Fsp3) is 0.300. The van der Waals surface area contributed by atoms with Crippen LogP contribution in [0.4, 0.5) is 11.4 Å². The number of halogens is 2. The summed E-state index contributed by atoms with van der Waals surface area (Å²) in [5.74, 6) is 0. The summed E-state index contributed by atoms with van der Waals surface area (Å²) in [6, 6.07) is 28.3. The maximum Gasteiger partial charge on any atom is 0.110 e. The summed E-state index contributed by atoms with van der Waals surface area (Å²) in [4.78, 5) is 7.22. The Bertz CT molecular complexity index is 1940. The zero-order valence-corrected chi connectivity index (χ0v) is 28.2. The molecule has 2 unspecified atom stereocenters. The van der Waals surface area contributed by atoms with Crippen molar-refractivity contribution in [1.29, 1.82) is 0 Å². The van der Waals surface area contributed by atoms with Crippen molar-refractivity contribution < 1.29 is 10.2 Å². The van der Waals surface area contributed by atoms with Crippen LogP contribution in [0.3, 0.4) is 0 Å². The van der Waals surface area contributed by atoms with E-state index in [1.165, 1.54) is 25.7 Å². The molecule has 0 saturated heterocycles. The van der Waals surface area contributed by atoms with Crippen LogP contribution < -0.4 is 10.6 Å². The second-order valence-corrected chi connectivity index (χ2v) is 14.4. The van der Waals surface area contributed by atoms with Crippen LogP contribution in [0.1, 0.15) is 74.7 Å². The Balaban J connectivity index is 1.13. The van der Waals surface area contributed by atoms with E-state index in [4.69, 9.17) is 23.2 Å². The second kappa shape index (κ2) is 13.2. The van der Waals surface area contributed by atoms with Gasteiger partial charge in [0.25, 0.3) is 0 Å². The number of anilines is 2. The molecule has 8 rings (SSSR count). The zero-order valence-electron chi connectivity index (χ0n) is 26.7. The first-order valence-corrected chi connectivity index (χ1v) is 17.9. The fourth-order valence-electron chi connectivity index (χ4n) is 7.85. The third kappa shape index (κ3) is 6.07. The van der Waals surface area contributed by atoms with Gasteiger partial charge in [-0.1, -0.05) is 97.4 Å². The monoisotopic (exact) mass is 678 g/mol. The summed E-state index contributed by atoms with van der Waals surface area (Å²) in [7, 11) is 0. The van der Waals surface area contributed by atoms with E-state index in [0.29, 0.717) is 33.3 Å². The molecule has 6 N–H and O–H groups in total. The van der Waals surface area contributed by atoms with Crippen LogP contribution in [-0.4, -0.2) is 32.3 Å². The molecule has 246 valence electrons. The second-order valence-electron chi connectivity index (χ2n) is 13.5. The smallest absolute Gasteiger partial charge is 0.110 e. The van der Waals surface area contributed by atoms with Gasteiger partial charge < -0.3 is 30.8 Å². The number of aromatic nitrogens is 2. The van der Waals surface area contributed by atoms with Gasteiger partial charge in [0, 0.05) is 55.4 Å². The highest BCUT2D eigenvalue weighted by molar-refractivity contribution is 6.32. The highest BCUT2D eigenvalue weighted by atomic mass is 35.5. The summed E-state index contributed by atoms with van der Waals surface area (Å²) >= 11 is 13.1. The number of H-pyrrole nitrogens is 2. The largest absolute Gasteiger partial charge is 0.385 e. The third-order valence-corrected chi connectivity index (χ3v) is 10.7. The van der Waals surface area contributed by atoms with Crippen molar-refractivity contribution in [3.8, 4) is 22.5 Å². The lowest BCUT2D eigenvalue weighted by Crippen LogP contribution is -2.14. The Labute approximate surface area is 290 Å². The quantitative estimate of drug-likeness (QED) is 0.0917. The average Bonchev–Trinajstić information content (AvgIpc) is 3.92. The normalized spacial score (nSPS) is 17.0. The SMILES string of the molecule is OC(c1ccccc1-c1cc2cc(Cl)cc(NC3CCCC3)c2[nH]1)C(O)c1ccccc1-c1cc2cc(Cl)cc(NC3CCCC3)c2[nH]1.